The van der Waals surface area contributed by atoms with Crippen LogP contribution in [-0.2, 0) is 0 Å². The summed E-state index contributed by atoms with van der Waals surface area (Å²) in [6, 6.07) is 18.5. The molecule has 1 heterocycles. The smallest absolute Gasteiger partial charge is 0.253 e. The monoisotopic (exact) mass is 349 g/mol. The van der Waals surface area contributed by atoms with Crippen LogP contribution in [0.5, 0.6) is 0 Å². The normalized spacial score (nSPS) is 12.5. The first-order valence-corrected chi connectivity index (χ1v) is 9.30. The number of nitrogens with one attached hydrogen (secondary N) is 2. The van der Waals surface area contributed by atoms with E-state index in [0.29, 0.717) is 6.54 Å². The van der Waals surface area contributed by atoms with Crippen molar-refractivity contribution in [3.8, 4) is 0 Å². The highest BCUT2D eigenvalue weighted by Crippen LogP contribution is 2.23. The Kier molecular flexibility index (Phi) is 5.74. The number of H-pyrrole nitrogens is 1. The van der Waals surface area contributed by atoms with Gasteiger partial charge in [-0.1, -0.05) is 62.4 Å². The van der Waals surface area contributed by atoms with Crippen molar-refractivity contribution in [3.05, 3.63) is 71.4 Å². The maximum absolute atomic E-state index is 12.9. The lowest BCUT2D eigenvalue weighted by atomic mass is 10.0. The second-order valence-corrected chi connectivity index (χ2v) is 6.53. The first kappa shape index (κ1) is 18.2. The lowest BCUT2D eigenvalue weighted by Crippen LogP contribution is -2.38. The number of amides is 1. The van der Waals surface area contributed by atoms with Crippen LogP contribution in [0.1, 0.15) is 41.5 Å². The largest absolute Gasteiger partial charge is 0.358 e. The number of fused-ring (bicyclic) bond motifs is 1. The van der Waals surface area contributed by atoms with Gasteiger partial charge >= 0.3 is 0 Å². The van der Waals surface area contributed by atoms with Crippen LogP contribution < -0.4 is 5.32 Å². The molecular formula is C22H27N3O. The molecule has 3 rings (SSSR count). The molecule has 0 spiro atoms. The van der Waals surface area contributed by atoms with Crippen LogP contribution in [0.3, 0.4) is 0 Å². The Morgan fingerprint density at radius 3 is 2.38 bits per heavy atom. The van der Waals surface area contributed by atoms with Crippen LogP contribution in [-0.4, -0.2) is 35.4 Å². The number of benzene rings is 2. The number of carbonyl (C=O) groups is 1. The van der Waals surface area contributed by atoms with E-state index in [1.165, 1.54) is 5.56 Å². The van der Waals surface area contributed by atoms with Crippen LogP contribution >= 0.6 is 0 Å². The molecule has 0 saturated carbocycles. The zero-order chi connectivity index (χ0) is 18.5. The highest BCUT2D eigenvalue weighted by Gasteiger charge is 2.21. The summed E-state index contributed by atoms with van der Waals surface area (Å²) in [5, 5.41) is 4.14. The number of nitrogens with zero attached hydrogens (tertiary/aromatic N) is 1. The van der Waals surface area contributed by atoms with E-state index in [2.05, 4.69) is 53.3 Å². The van der Waals surface area contributed by atoms with Crippen LogP contribution in [0.2, 0.25) is 0 Å². The average Bonchev–Trinajstić information content (AvgIpc) is 3.01. The topological polar surface area (TPSA) is 48.1 Å². The van der Waals surface area contributed by atoms with E-state index in [4.69, 9.17) is 0 Å². The third-order valence-corrected chi connectivity index (χ3v) is 5.01. The first-order chi connectivity index (χ1) is 12.7. The van der Waals surface area contributed by atoms with Gasteiger partial charge in [-0.15, -0.1) is 0 Å². The fourth-order valence-electron chi connectivity index (χ4n) is 3.64. The number of para-hydroxylation sites is 1. The summed E-state index contributed by atoms with van der Waals surface area (Å²) in [5.74, 6) is -0.0203. The Balaban J connectivity index is 1.82. The maximum Gasteiger partial charge on any atom is 0.253 e. The Hall–Kier alpha value is -2.59. The third kappa shape index (κ3) is 3.65. The van der Waals surface area contributed by atoms with E-state index in [1.807, 2.05) is 37.3 Å². The zero-order valence-electron chi connectivity index (χ0n) is 15.8. The Morgan fingerprint density at radius 1 is 1.04 bits per heavy atom. The van der Waals surface area contributed by atoms with Crippen molar-refractivity contribution < 1.29 is 4.79 Å². The lowest BCUT2D eigenvalue weighted by Gasteiger charge is -2.30. The van der Waals surface area contributed by atoms with E-state index in [0.717, 1.165) is 35.2 Å². The summed E-state index contributed by atoms with van der Waals surface area (Å²) in [6.45, 7) is 8.74. The minimum atomic E-state index is -0.0203. The van der Waals surface area contributed by atoms with Gasteiger partial charge in [0.2, 0.25) is 0 Å². The molecule has 0 aliphatic heterocycles. The summed E-state index contributed by atoms with van der Waals surface area (Å²) in [7, 11) is 0. The number of carbonyl (C=O) groups excluding carboxylic acids is 1. The minimum absolute atomic E-state index is 0.0203. The van der Waals surface area contributed by atoms with E-state index >= 15 is 0 Å². The van der Waals surface area contributed by atoms with Gasteiger partial charge in [0, 0.05) is 23.1 Å². The fourth-order valence-corrected chi connectivity index (χ4v) is 3.64. The van der Waals surface area contributed by atoms with Gasteiger partial charge in [-0.3, -0.25) is 9.69 Å². The van der Waals surface area contributed by atoms with Crippen molar-refractivity contribution in [2.45, 2.75) is 26.8 Å². The molecule has 2 aromatic carbocycles. The Morgan fingerprint density at radius 2 is 1.69 bits per heavy atom. The summed E-state index contributed by atoms with van der Waals surface area (Å²) in [6.07, 6.45) is 0. The second-order valence-electron chi connectivity index (χ2n) is 6.53. The number of aromatic amines is 1. The standard InChI is InChI=1S/C22H27N3O/c1-4-25(5-2)20(17-11-7-6-8-12-17)15-23-22(26)21-16(3)24-19-14-10-9-13-18(19)21/h6-14,20,24H,4-5,15H2,1-3H3,(H,23,26). The number of hydrogen-bond donors (Lipinski definition) is 2. The van der Waals surface area contributed by atoms with Crippen molar-refractivity contribution in [2.24, 2.45) is 0 Å². The minimum Gasteiger partial charge on any atom is -0.358 e. The molecule has 26 heavy (non-hydrogen) atoms. The molecular weight excluding hydrogens is 322 g/mol. The highest BCUT2D eigenvalue weighted by atomic mass is 16.1. The molecule has 0 fully saturated rings. The van der Waals surface area contributed by atoms with Crippen LogP contribution in [0.15, 0.2) is 54.6 Å². The number of rotatable bonds is 7. The van der Waals surface area contributed by atoms with E-state index in [-0.39, 0.29) is 11.9 Å². The number of likely N-dealkylation sites (N-methyl/N-ethyl adjacent to an activating group) is 1. The van der Waals surface area contributed by atoms with E-state index < -0.39 is 0 Å². The van der Waals surface area contributed by atoms with Gasteiger partial charge in [0.1, 0.15) is 0 Å². The lowest BCUT2D eigenvalue weighted by molar-refractivity contribution is 0.0936. The zero-order valence-corrected chi connectivity index (χ0v) is 15.8. The maximum atomic E-state index is 12.9. The molecule has 0 aliphatic carbocycles. The molecule has 2 N–H and O–H groups in total. The molecule has 3 aromatic rings. The van der Waals surface area contributed by atoms with Crippen molar-refractivity contribution in [1.82, 2.24) is 15.2 Å². The number of aromatic nitrogens is 1. The van der Waals surface area contributed by atoms with Gasteiger partial charge in [0.25, 0.3) is 5.91 Å². The molecule has 1 amide bonds. The molecule has 0 aliphatic rings. The summed E-state index contributed by atoms with van der Waals surface area (Å²) in [4.78, 5) is 18.6. The Labute approximate surface area is 155 Å². The molecule has 1 aromatic heterocycles. The molecule has 4 nitrogen and oxygen atoms in total. The van der Waals surface area contributed by atoms with Crippen molar-refractivity contribution >= 4 is 16.8 Å². The summed E-state index contributed by atoms with van der Waals surface area (Å²) >= 11 is 0. The average molecular weight is 349 g/mol. The van der Waals surface area contributed by atoms with Crippen molar-refractivity contribution in [1.29, 1.82) is 0 Å². The molecule has 1 atom stereocenters. The summed E-state index contributed by atoms with van der Waals surface area (Å²) in [5.41, 5.74) is 3.88. The molecule has 4 heteroatoms. The van der Waals surface area contributed by atoms with Gasteiger partial charge in [-0.2, -0.15) is 0 Å². The van der Waals surface area contributed by atoms with Gasteiger partial charge in [0.05, 0.1) is 11.6 Å². The van der Waals surface area contributed by atoms with Gasteiger partial charge in [-0.25, -0.2) is 0 Å². The van der Waals surface area contributed by atoms with Gasteiger partial charge < -0.3 is 10.3 Å². The molecule has 136 valence electrons. The van der Waals surface area contributed by atoms with Gasteiger partial charge in [-0.05, 0) is 31.6 Å². The fraction of sp³-hybridized carbons (Fsp3) is 0.318. The first-order valence-electron chi connectivity index (χ1n) is 9.30. The molecule has 1 unspecified atom stereocenters. The van der Waals surface area contributed by atoms with Crippen LogP contribution in [0.4, 0.5) is 0 Å². The van der Waals surface area contributed by atoms with E-state index in [9.17, 15) is 4.79 Å². The van der Waals surface area contributed by atoms with Gasteiger partial charge in [0.15, 0.2) is 0 Å². The molecule has 0 saturated heterocycles. The predicted molar refractivity (Wildman–Crippen MR) is 107 cm³/mol. The summed E-state index contributed by atoms with van der Waals surface area (Å²) < 4.78 is 0. The SMILES string of the molecule is CCN(CC)C(CNC(=O)c1c(C)[nH]c2ccccc12)c1ccccc1. The van der Waals surface area contributed by atoms with Crippen molar-refractivity contribution in [3.63, 3.8) is 0 Å². The quantitative estimate of drug-likeness (QED) is 0.668. The number of aryl methyl sites for hydroxylation is 1. The highest BCUT2D eigenvalue weighted by molar-refractivity contribution is 6.08. The number of hydrogen-bond acceptors (Lipinski definition) is 2. The second kappa shape index (κ2) is 8.19. The van der Waals surface area contributed by atoms with Crippen LogP contribution in [0, 0.1) is 6.92 Å². The van der Waals surface area contributed by atoms with E-state index in [1.54, 1.807) is 0 Å². The Bertz CT molecular complexity index is 865. The van der Waals surface area contributed by atoms with Crippen molar-refractivity contribution in [2.75, 3.05) is 19.6 Å². The third-order valence-electron chi connectivity index (χ3n) is 5.01. The van der Waals surface area contributed by atoms with Crippen LogP contribution in [0.25, 0.3) is 10.9 Å². The predicted octanol–water partition coefficient (Wildman–Crippen LogP) is 4.29. The molecule has 0 radical (unpaired) electrons. The molecule has 0 bridgehead atoms.